The van der Waals surface area contributed by atoms with Gasteiger partial charge in [-0.3, -0.25) is 0 Å². The summed E-state index contributed by atoms with van der Waals surface area (Å²) in [5, 5.41) is 4.37. The van der Waals surface area contributed by atoms with E-state index in [-0.39, 0.29) is 0 Å². The Morgan fingerprint density at radius 3 is 2.43 bits per heavy atom. The van der Waals surface area contributed by atoms with E-state index in [0.29, 0.717) is 6.04 Å². The van der Waals surface area contributed by atoms with Gasteiger partial charge >= 0.3 is 0 Å². The van der Waals surface area contributed by atoms with Gasteiger partial charge in [0, 0.05) is 40.0 Å². The molecule has 0 unspecified atom stereocenters. The van der Waals surface area contributed by atoms with Crippen molar-refractivity contribution < 1.29 is 0 Å². The summed E-state index contributed by atoms with van der Waals surface area (Å²) in [7, 11) is 0. The number of nitrogens with one attached hydrogen (secondary N) is 1. The van der Waals surface area contributed by atoms with Crippen molar-refractivity contribution in [1.29, 1.82) is 0 Å². The van der Waals surface area contributed by atoms with Crippen LogP contribution < -0.4 is 10.2 Å². The Kier molecular flexibility index (Phi) is 4.71. The SMILES string of the molecule is Clc1ccc(NC2CCN(c3ccccc3)CC2)c(Br)c1. The second kappa shape index (κ2) is 6.71. The van der Waals surface area contributed by atoms with E-state index in [0.717, 1.165) is 41.1 Å². The number of piperidine rings is 1. The Bertz CT molecular complexity index is 595. The van der Waals surface area contributed by atoms with E-state index in [1.165, 1.54) is 5.69 Å². The summed E-state index contributed by atoms with van der Waals surface area (Å²) >= 11 is 9.55. The lowest BCUT2D eigenvalue weighted by molar-refractivity contribution is 0.526. The Morgan fingerprint density at radius 1 is 1.05 bits per heavy atom. The van der Waals surface area contributed by atoms with Crippen molar-refractivity contribution in [3.05, 3.63) is 58.0 Å². The molecule has 0 saturated carbocycles. The largest absolute Gasteiger partial charge is 0.381 e. The third-order valence-corrected chi connectivity index (χ3v) is 4.80. The Balaban J connectivity index is 1.59. The van der Waals surface area contributed by atoms with Crippen molar-refractivity contribution >= 4 is 38.9 Å². The molecule has 2 nitrogen and oxygen atoms in total. The van der Waals surface area contributed by atoms with E-state index in [2.05, 4.69) is 56.5 Å². The van der Waals surface area contributed by atoms with Crippen LogP contribution >= 0.6 is 27.5 Å². The minimum Gasteiger partial charge on any atom is -0.381 e. The molecule has 1 N–H and O–H groups in total. The summed E-state index contributed by atoms with van der Waals surface area (Å²) in [6.45, 7) is 2.18. The van der Waals surface area contributed by atoms with Crippen molar-refractivity contribution in [2.45, 2.75) is 18.9 Å². The molecule has 1 saturated heterocycles. The number of nitrogens with zero attached hydrogens (tertiary/aromatic N) is 1. The van der Waals surface area contributed by atoms with Gasteiger partial charge in [0.25, 0.3) is 0 Å². The molecule has 0 atom stereocenters. The topological polar surface area (TPSA) is 15.3 Å². The molecule has 0 bridgehead atoms. The van der Waals surface area contributed by atoms with Crippen LogP contribution in [0.15, 0.2) is 53.0 Å². The molecule has 0 radical (unpaired) electrons. The van der Waals surface area contributed by atoms with Crippen molar-refractivity contribution in [3.63, 3.8) is 0 Å². The van der Waals surface area contributed by atoms with Gasteiger partial charge in [0.1, 0.15) is 0 Å². The van der Waals surface area contributed by atoms with Gasteiger partial charge in [-0.05, 0) is 59.1 Å². The van der Waals surface area contributed by atoms with Gasteiger partial charge in [0.15, 0.2) is 0 Å². The third-order valence-electron chi connectivity index (χ3n) is 3.91. The number of halogens is 2. The first-order chi connectivity index (χ1) is 10.2. The normalized spacial score (nSPS) is 16.0. The van der Waals surface area contributed by atoms with Crippen LogP contribution in [0, 0.1) is 0 Å². The average molecular weight is 366 g/mol. The predicted molar refractivity (Wildman–Crippen MR) is 94.5 cm³/mol. The van der Waals surface area contributed by atoms with Gasteiger partial charge in [-0.15, -0.1) is 0 Å². The van der Waals surface area contributed by atoms with Crippen LogP contribution in [0.1, 0.15) is 12.8 Å². The summed E-state index contributed by atoms with van der Waals surface area (Å²) in [5.41, 5.74) is 2.45. The molecule has 2 aromatic rings. The number of hydrogen-bond acceptors (Lipinski definition) is 2. The molecule has 0 aromatic heterocycles. The fourth-order valence-corrected chi connectivity index (χ4v) is 3.54. The van der Waals surface area contributed by atoms with Gasteiger partial charge < -0.3 is 10.2 Å². The summed E-state index contributed by atoms with van der Waals surface area (Å²) in [5.74, 6) is 0. The summed E-state index contributed by atoms with van der Waals surface area (Å²) < 4.78 is 1.03. The summed E-state index contributed by atoms with van der Waals surface area (Å²) in [4.78, 5) is 2.45. The van der Waals surface area contributed by atoms with Crippen LogP contribution in [0.4, 0.5) is 11.4 Å². The molecule has 1 heterocycles. The van der Waals surface area contributed by atoms with Crippen molar-refractivity contribution in [2.75, 3.05) is 23.3 Å². The highest BCUT2D eigenvalue weighted by molar-refractivity contribution is 9.10. The van der Waals surface area contributed by atoms with Gasteiger partial charge in [0.05, 0.1) is 0 Å². The van der Waals surface area contributed by atoms with Crippen LogP contribution in [0.5, 0.6) is 0 Å². The zero-order chi connectivity index (χ0) is 14.7. The van der Waals surface area contributed by atoms with E-state index in [1.54, 1.807) is 0 Å². The number of benzene rings is 2. The Labute approximate surface area is 139 Å². The molecule has 110 valence electrons. The molecule has 21 heavy (non-hydrogen) atoms. The minimum absolute atomic E-state index is 0.516. The number of anilines is 2. The number of rotatable bonds is 3. The highest BCUT2D eigenvalue weighted by Crippen LogP contribution is 2.28. The second-order valence-corrected chi connectivity index (χ2v) is 6.66. The highest BCUT2D eigenvalue weighted by atomic mass is 79.9. The smallest absolute Gasteiger partial charge is 0.0487 e. The molecule has 1 fully saturated rings. The first-order valence-corrected chi connectivity index (χ1v) is 8.41. The van der Waals surface area contributed by atoms with E-state index in [9.17, 15) is 0 Å². The van der Waals surface area contributed by atoms with E-state index < -0.39 is 0 Å². The fraction of sp³-hybridized carbons (Fsp3) is 0.294. The number of para-hydroxylation sites is 1. The third kappa shape index (κ3) is 3.72. The Hall–Kier alpha value is -1.19. The monoisotopic (exact) mass is 364 g/mol. The lowest BCUT2D eigenvalue weighted by atomic mass is 10.0. The van der Waals surface area contributed by atoms with E-state index in [4.69, 9.17) is 11.6 Å². The quantitative estimate of drug-likeness (QED) is 0.806. The lowest BCUT2D eigenvalue weighted by Gasteiger charge is -2.34. The van der Waals surface area contributed by atoms with Crippen LogP contribution in [0.2, 0.25) is 5.02 Å². The average Bonchev–Trinajstić information content (AvgIpc) is 2.52. The van der Waals surface area contributed by atoms with Crippen molar-refractivity contribution in [2.24, 2.45) is 0 Å². The Morgan fingerprint density at radius 2 is 1.76 bits per heavy atom. The molecule has 4 heteroatoms. The van der Waals surface area contributed by atoms with Crippen LogP contribution in [-0.4, -0.2) is 19.1 Å². The predicted octanol–water partition coefficient (Wildman–Crippen LogP) is 5.18. The van der Waals surface area contributed by atoms with Gasteiger partial charge in [-0.2, -0.15) is 0 Å². The molecule has 3 rings (SSSR count). The maximum Gasteiger partial charge on any atom is 0.0487 e. The van der Waals surface area contributed by atoms with E-state index in [1.807, 2.05) is 18.2 Å². The maximum absolute atomic E-state index is 5.98. The second-order valence-electron chi connectivity index (χ2n) is 5.37. The van der Waals surface area contributed by atoms with Crippen molar-refractivity contribution in [1.82, 2.24) is 0 Å². The first-order valence-electron chi connectivity index (χ1n) is 7.24. The van der Waals surface area contributed by atoms with Crippen LogP contribution in [-0.2, 0) is 0 Å². The molecule has 1 aliphatic rings. The van der Waals surface area contributed by atoms with Gasteiger partial charge in [-0.1, -0.05) is 29.8 Å². The van der Waals surface area contributed by atoms with Crippen molar-refractivity contribution in [3.8, 4) is 0 Å². The molecule has 0 aliphatic carbocycles. The first kappa shape index (κ1) is 14.7. The molecule has 1 aliphatic heterocycles. The molecule has 0 spiro atoms. The minimum atomic E-state index is 0.516. The zero-order valence-corrected chi connectivity index (χ0v) is 14.1. The maximum atomic E-state index is 5.98. The highest BCUT2D eigenvalue weighted by Gasteiger charge is 2.19. The zero-order valence-electron chi connectivity index (χ0n) is 11.7. The van der Waals surface area contributed by atoms with Crippen LogP contribution in [0.3, 0.4) is 0 Å². The van der Waals surface area contributed by atoms with Crippen LogP contribution in [0.25, 0.3) is 0 Å². The summed E-state index contributed by atoms with van der Waals surface area (Å²) in [6, 6.07) is 17.0. The van der Waals surface area contributed by atoms with Gasteiger partial charge in [0.2, 0.25) is 0 Å². The lowest BCUT2D eigenvalue weighted by Crippen LogP contribution is -2.39. The van der Waals surface area contributed by atoms with Gasteiger partial charge in [-0.25, -0.2) is 0 Å². The molecular weight excluding hydrogens is 348 g/mol. The molecule has 2 aromatic carbocycles. The standard InChI is InChI=1S/C17H18BrClN2/c18-16-12-13(19)6-7-17(16)20-14-8-10-21(11-9-14)15-4-2-1-3-5-15/h1-7,12,14,20H,8-11H2. The molecule has 0 amide bonds. The molecular formula is C17H18BrClN2. The number of hydrogen-bond donors (Lipinski definition) is 1. The summed E-state index contributed by atoms with van der Waals surface area (Å²) in [6.07, 6.45) is 2.29. The van der Waals surface area contributed by atoms with E-state index >= 15 is 0 Å². The fourth-order valence-electron chi connectivity index (χ4n) is 2.75.